The first-order valence-corrected chi connectivity index (χ1v) is 10.4. The minimum Gasteiger partial charge on any atom is -0.300 e. The summed E-state index contributed by atoms with van der Waals surface area (Å²) in [5.74, 6) is -0.372. The molecule has 4 rings (SSSR count). The SMILES string of the molecule is Cn1nc(Br)c2c(=O)n(CC(=O)Nc3nc(-c4ccc(Cl)s4)cs3)cnc21. The van der Waals surface area contributed by atoms with Crippen LogP contribution in [-0.2, 0) is 18.4 Å². The first-order chi connectivity index (χ1) is 12.9. The zero-order valence-corrected chi connectivity index (χ0v) is 17.6. The zero-order chi connectivity index (χ0) is 19.1. The van der Waals surface area contributed by atoms with Gasteiger partial charge in [-0.25, -0.2) is 14.6 Å². The van der Waals surface area contributed by atoms with Crippen molar-refractivity contribution in [2.75, 3.05) is 5.32 Å². The number of halogens is 2. The van der Waals surface area contributed by atoms with Gasteiger partial charge in [0.1, 0.15) is 22.9 Å². The Hall–Kier alpha value is -2.08. The number of thiazole rings is 1. The molecule has 4 aromatic heterocycles. The molecule has 0 aliphatic rings. The summed E-state index contributed by atoms with van der Waals surface area (Å²) in [7, 11) is 1.69. The zero-order valence-electron chi connectivity index (χ0n) is 13.6. The molecule has 0 unspecified atom stereocenters. The van der Waals surface area contributed by atoms with Crippen molar-refractivity contribution in [1.29, 1.82) is 0 Å². The molecule has 1 amide bonds. The standard InChI is InChI=1S/C15H10BrClN6O2S2/c1-22-13-11(12(16)21-22)14(25)23(6-18-13)4-10(24)20-15-19-7(5-26-15)8-2-3-9(17)27-8/h2-3,5-6H,4H2,1H3,(H,19,20,24). The van der Waals surface area contributed by atoms with Gasteiger partial charge in [0.15, 0.2) is 10.8 Å². The molecule has 0 saturated heterocycles. The second-order valence-corrected chi connectivity index (χ2v) is 8.80. The number of aryl methyl sites for hydroxylation is 1. The number of carbonyl (C=O) groups excluding carboxylic acids is 1. The van der Waals surface area contributed by atoms with Crippen LogP contribution in [0.25, 0.3) is 21.6 Å². The Bertz CT molecular complexity index is 1230. The first-order valence-electron chi connectivity index (χ1n) is 7.51. The van der Waals surface area contributed by atoms with Crippen molar-refractivity contribution in [2.45, 2.75) is 6.54 Å². The second-order valence-electron chi connectivity index (χ2n) is 5.48. The highest BCUT2D eigenvalue weighted by atomic mass is 79.9. The fourth-order valence-corrected chi connectivity index (χ4v) is 4.85. The largest absolute Gasteiger partial charge is 0.300 e. The molecule has 0 saturated carbocycles. The van der Waals surface area contributed by atoms with Crippen LogP contribution in [0.15, 0.2) is 33.2 Å². The van der Waals surface area contributed by atoms with E-state index < -0.39 is 0 Å². The predicted molar refractivity (Wildman–Crippen MR) is 110 cm³/mol. The van der Waals surface area contributed by atoms with Gasteiger partial charge in [-0.3, -0.25) is 14.2 Å². The van der Waals surface area contributed by atoms with E-state index >= 15 is 0 Å². The molecule has 8 nitrogen and oxygen atoms in total. The summed E-state index contributed by atoms with van der Waals surface area (Å²) in [4.78, 5) is 34.4. The van der Waals surface area contributed by atoms with E-state index in [-0.39, 0.29) is 18.0 Å². The van der Waals surface area contributed by atoms with Gasteiger partial charge in [0.2, 0.25) is 5.91 Å². The molecular formula is C15H10BrClN6O2S2. The molecule has 1 N–H and O–H groups in total. The lowest BCUT2D eigenvalue weighted by molar-refractivity contribution is -0.116. The van der Waals surface area contributed by atoms with Crippen LogP contribution in [0, 0.1) is 0 Å². The van der Waals surface area contributed by atoms with E-state index in [4.69, 9.17) is 11.6 Å². The third-order valence-electron chi connectivity index (χ3n) is 3.66. The van der Waals surface area contributed by atoms with Crippen molar-refractivity contribution in [1.82, 2.24) is 24.3 Å². The summed E-state index contributed by atoms with van der Waals surface area (Å²) in [5, 5.41) is 9.43. The Morgan fingerprint density at radius 3 is 2.96 bits per heavy atom. The third kappa shape index (κ3) is 3.55. The molecule has 12 heteroatoms. The summed E-state index contributed by atoms with van der Waals surface area (Å²) < 4.78 is 3.80. The van der Waals surface area contributed by atoms with E-state index in [0.717, 1.165) is 10.6 Å². The highest BCUT2D eigenvalue weighted by Crippen LogP contribution is 2.32. The number of fused-ring (bicyclic) bond motifs is 1. The lowest BCUT2D eigenvalue weighted by Crippen LogP contribution is -2.28. The normalized spacial score (nSPS) is 11.2. The number of nitrogens with zero attached hydrogens (tertiary/aromatic N) is 5. The quantitative estimate of drug-likeness (QED) is 0.478. The van der Waals surface area contributed by atoms with Crippen LogP contribution in [-0.4, -0.2) is 30.2 Å². The van der Waals surface area contributed by atoms with E-state index in [0.29, 0.717) is 25.1 Å². The topological polar surface area (TPSA) is 94.7 Å². The van der Waals surface area contributed by atoms with Crippen LogP contribution in [0.4, 0.5) is 5.13 Å². The van der Waals surface area contributed by atoms with Crippen LogP contribution in [0.5, 0.6) is 0 Å². The highest BCUT2D eigenvalue weighted by Gasteiger charge is 2.16. The van der Waals surface area contributed by atoms with Gasteiger partial charge >= 0.3 is 0 Å². The molecule has 0 spiro atoms. The molecule has 138 valence electrons. The molecule has 0 aliphatic carbocycles. The molecule has 0 fully saturated rings. The van der Waals surface area contributed by atoms with Gasteiger partial charge in [-0.2, -0.15) is 5.10 Å². The number of anilines is 1. The van der Waals surface area contributed by atoms with Crippen LogP contribution in [0.2, 0.25) is 4.34 Å². The monoisotopic (exact) mass is 484 g/mol. The maximum absolute atomic E-state index is 12.6. The Morgan fingerprint density at radius 1 is 1.41 bits per heavy atom. The van der Waals surface area contributed by atoms with Gasteiger partial charge < -0.3 is 5.32 Å². The molecule has 4 aromatic rings. The lowest BCUT2D eigenvalue weighted by atomic mass is 10.4. The molecule has 4 heterocycles. The number of thiophene rings is 1. The molecule has 0 aromatic carbocycles. The number of hydrogen-bond donors (Lipinski definition) is 1. The molecule has 0 bridgehead atoms. The maximum Gasteiger partial charge on any atom is 0.266 e. The predicted octanol–water partition coefficient (Wildman–Crippen LogP) is 3.37. The third-order valence-corrected chi connectivity index (χ3v) is 6.22. The van der Waals surface area contributed by atoms with Crippen molar-refractivity contribution < 1.29 is 4.79 Å². The lowest BCUT2D eigenvalue weighted by Gasteiger charge is -2.05. The maximum atomic E-state index is 12.6. The smallest absolute Gasteiger partial charge is 0.266 e. The molecular weight excluding hydrogens is 476 g/mol. The Balaban J connectivity index is 1.52. The van der Waals surface area contributed by atoms with E-state index in [1.807, 2.05) is 11.4 Å². The first kappa shape index (κ1) is 18.3. The van der Waals surface area contributed by atoms with E-state index in [2.05, 4.69) is 36.3 Å². The van der Waals surface area contributed by atoms with Gasteiger partial charge in [-0.15, -0.1) is 22.7 Å². The average Bonchev–Trinajstić information content (AvgIpc) is 3.30. The van der Waals surface area contributed by atoms with E-state index in [1.54, 1.807) is 13.1 Å². The Labute approximate surface area is 173 Å². The molecule has 0 atom stereocenters. The Morgan fingerprint density at radius 2 is 2.22 bits per heavy atom. The van der Waals surface area contributed by atoms with Crippen molar-refractivity contribution in [2.24, 2.45) is 7.05 Å². The van der Waals surface area contributed by atoms with Gasteiger partial charge in [0.25, 0.3) is 5.56 Å². The van der Waals surface area contributed by atoms with Crippen LogP contribution in [0.1, 0.15) is 0 Å². The fraction of sp³-hybridized carbons (Fsp3) is 0.133. The number of nitrogens with one attached hydrogen (secondary N) is 1. The summed E-state index contributed by atoms with van der Waals surface area (Å²) >= 11 is 11.9. The van der Waals surface area contributed by atoms with Crippen molar-refractivity contribution >= 4 is 72.3 Å². The number of carbonyl (C=O) groups is 1. The van der Waals surface area contributed by atoms with Crippen molar-refractivity contribution in [3.63, 3.8) is 0 Å². The number of aromatic nitrogens is 5. The summed E-state index contributed by atoms with van der Waals surface area (Å²) in [6.45, 7) is -0.178. The summed E-state index contributed by atoms with van der Waals surface area (Å²) in [6, 6.07) is 3.67. The molecule has 0 aliphatic heterocycles. The fourth-order valence-electron chi connectivity index (χ4n) is 2.46. The minimum atomic E-state index is -0.372. The summed E-state index contributed by atoms with van der Waals surface area (Å²) in [5.41, 5.74) is 0.845. The molecule has 27 heavy (non-hydrogen) atoms. The van der Waals surface area contributed by atoms with Crippen molar-refractivity contribution in [3.05, 3.63) is 43.1 Å². The van der Waals surface area contributed by atoms with Crippen LogP contribution in [0.3, 0.4) is 0 Å². The highest BCUT2D eigenvalue weighted by molar-refractivity contribution is 9.10. The van der Waals surface area contributed by atoms with Gasteiger partial charge in [0.05, 0.1) is 14.9 Å². The average molecular weight is 486 g/mol. The van der Waals surface area contributed by atoms with E-state index in [9.17, 15) is 9.59 Å². The van der Waals surface area contributed by atoms with Gasteiger partial charge in [-0.1, -0.05) is 11.6 Å². The van der Waals surface area contributed by atoms with Crippen molar-refractivity contribution in [3.8, 4) is 10.6 Å². The second kappa shape index (κ2) is 7.15. The molecule has 0 radical (unpaired) electrons. The Kier molecular flexibility index (Phi) is 4.84. The number of rotatable bonds is 4. The van der Waals surface area contributed by atoms with Crippen LogP contribution >= 0.6 is 50.2 Å². The number of hydrogen-bond acceptors (Lipinski definition) is 7. The van der Waals surface area contributed by atoms with Gasteiger partial charge in [-0.05, 0) is 28.1 Å². The minimum absolute atomic E-state index is 0.178. The number of amides is 1. The van der Waals surface area contributed by atoms with E-state index in [1.165, 1.54) is 38.2 Å². The summed E-state index contributed by atoms with van der Waals surface area (Å²) in [6.07, 6.45) is 1.33. The van der Waals surface area contributed by atoms with Crippen LogP contribution < -0.4 is 10.9 Å². The van der Waals surface area contributed by atoms with Gasteiger partial charge in [0, 0.05) is 12.4 Å².